The maximum Gasteiger partial charge on any atom is 0.0541 e. The van der Waals surface area contributed by atoms with E-state index in [4.69, 9.17) is 5.73 Å². The van der Waals surface area contributed by atoms with Crippen molar-refractivity contribution in [3.63, 3.8) is 0 Å². The molecule has 1 fully saturated rings. The molecule has 88 valence electrons. The highest BCUT2D eigenvalue weighted by Crippen LogP contribution is 2.34. The fraction of sp³-hybridized carbons (Fsp3) is 0.538. The Bertz CT molecular complexity index is 359. The topological polar surface area (TPSA) is 29.3 Å². The van der Waals surface area contributed by atoms with Gasteiger partial charge in [0.2, 0.25) is 0 Å². The van der Waals surface area contributed by atoms with Crippen LogP contribution in [0.15, 0.2) is 16.6 Å². The summed E-state index contributed by atoms with van der Waals surface area (Å²) in [5.41, 5.74) is 9.25. The van der Waals surface area contributed by atoms with E-state index in [9.17, 15) is 0 Å². The number of piperidine rings is 1. The zero-order chi connectivity index (χ0) is 11.7. The molecule has 0 radical (unpaired) electrons. The van der Waals surface area contributed by atoms with E-state index >= 15 is 0 Å². The highest BCUT2D eigenvalue weighted by molar-refractivity contribution is 9.10. The van der Waals surface area contributed by atoms with Crippen LogP contribution in [0, 0.1) is 12.8 Å². The van der Waals surface area contributed by atoms with E-state index in [0.717, 1.165) is 29.2 Å². The zero-order valence-electron chi connectivity index (χ0n) is 9.96. The summed E-state index contributed by atoms with van der Waals surface area (Å²) < 4.78 is 1.12. The Labute approximate surface area is 106 Å². The molecule has 3 heteroatoms. The van der Waals surface area contributed by atoms with Crippen LogP contribution in [0.4, 0.5) is 11.4 Å². The van der Waals surface area contributed by atoms with Crippen molar-refractivity contribution < 1.29 is 0 Å². The molecule has 0 amide bonds. The molecule has 0 saturated carbocycles. The van der Waals surface area contributed by atoms with Crippen molar-refractivity contribution in [2.24, 2.45) is 5.92 Å². The maximum absolute atomic E-state index is 5.83. The summed E-state index contributed by atoms with van der Waals surface area (Å²) in [6.07, 6.45) is 2.58. The molecule has 1 saturated heterocycles. The molecule has 0 atom stereocenters. The number of anilines is 2. The van der Waals surface area contributed by atoms with Gasteiger partial charge in [-0.15, -0.1) is 0 Å². The van der Waals surface area contributed by atoms with Crippen LogP contribution in [-0.4, -0.2) is 13.1 Å². The molecule has 0 aromatic heterocycles. The highest BCUT2D eigenvalue weighted by atomic mass is 79.9. The molecule has 2 rings (SSSR count). The van der Waals surface area contributed by atoms with Crippen molar-refractivity contribution in [2.45, 2.75) is 26.7 Å². The van der Waals surface area contributed by atoms with Crippen LogP contribution in [0.5, 0.6) is 0 Å². The van der Waals surface area contributed by atoms with E-state index < -0.39 is 0 Å². The maximum atomic E-state index is 5.83. The summed E-state index contributed by atoms with van der Waals surface area (Å²) in [5, 5.41) is 0. The van der Waals surface area contributed by atoms with Crippen molar-refractivity contribution >= 4 is 27.3 Å². The number of rotatable bonds is 1. The van der Waals surface area contributed by atoms with Gasteiger partial charge in [-0.25, -0.2) is 0 Å². The molecule has 2 N–H and O–H groups in total. The fourth-order valence-electron chi connectivity index (χ4n) is 2.40. The van der Waals surface area contributed by atoms with E-state index in [1.54, 1.807) is 0 Å². The average molecular weight is 283 g/mol. The molecule has 1 aliphatic heterocycles. The molecular weight excluding hydrogens is 264 g/mol. The monoisotopic (exact) mass is 282 g/mol. The molecule has 1 aromatic rings. The summed E-state index contributed by atoms with van der Waals surface area (Å²) >= 11 is 3.63. The number of benzene rings is 1. The Morgan fingerprint density at radius 3 is 2.50 bits per heavy atom. The molecule has 0 unspecified atom stereocenters. The first-order chi connectivity index (χ1) is 7.58. The quantitative estimate of drug-likeness (QED) is 0.798. The lowest BCUT2D eigenvalue weighted by Gasteiger charge is -2.34. The van der Waals surface area contributed by atoms with E-state index in [1.807, 2.05) is 6.07 Å². The van der Waals surface area contributed by atoms with Gasteiger partial charge in [0.15, 0.2) is 0 Å². The van der Waals surface area contributed by atoms with Gasteiger partial charge in [0.1, 0.15) is 0 Å². The van der Waals surface area contributed by atoms with E-state index in [1.165, 1.54) is 24.1 Å². The summed E-state index contributed by atoms with van der Waals surface area (Å²) in [5.74, 6) is 0.865. The number of hydrogen-bond acceptors (Lipinski definition) is 2. The van der Waals surface area contributed by atoms with Gasteiger partial charge in [0.25, 0.3) is 0 Å². The highest BCUT2D eigenvalue weighted by Gasteiger charge is 2.19. The lowest BCUT2D eigenvalue weighted by molar-refractivity contribution is 0.438. The molecule has 16 heavy (non-hydrogen) atoms. The predicted octanol–water partition coefficient (Wildman–Crippen LogP) is 3.58. The van der Waals surface area contributed by atoms with Crippen molar-refractivity contribution in [3.05, 3.63) is 22.2 Å². The SMILES string of the molecule is Cc1cc(N)cc(Br)c1N1CCC(C)CC1. The third kappa shape index (κ3) is 2.34. The van der Waals surface area contributed by atoms with Crippen molar-refractivity contribution in [1.82, 2.24) is 0 Å². The van der Waals surface area contributed by atoms with Crippen molar-refractivity contribution in [2.75, 3.05) is 23.7 Å². The molecule has 1 heterocycles. The largest absolute Gasteiger partial charge is 0.399 e. The van der Waals surface area contributed by atoms with E-state index in [2.05, 4.69) is 40.7 Å². The first kappa shape index (κ1) is 11.8. The van der Waals surface area contributed by atoms with Crippen molar-refractivity contribution in [1.29, 1.82) is 0 Å². The van der Waals surface area contributed by atoms with Crippen LogP contribution >= 0.6 is 15.9 Å². The van der Waals surface area contributed by atoms with Gasteiger partial charge in [-0.1, -0.05) is 6.92 Å². The van der Waals surface area contributed by atoms with Crippen LogP contribution in [0.1, 0.15) is 25.3 Å². The fourth-order valence-corrected chi connectivity index (χ4v) is 3.22. The lowest BCUT2D eigenvalue weighted by atomic mass is 9.98. The first-order valence-corrected chi connectivity index (χ1v) is 6.68. The molecule has 0 bridgehead atoms. The number of halogens is 1. The summed E-state index contributed by atoms with van der Waals surface area (Å²) in [7, 11) is 0. The van der Waals surface area contributed by atoms with Crippen LogP contribution in [0.25, 0.3) is 0 Å². The van der Waals surface area contributed by atoms with Gasteiger partial charge in [-0.2, -0.15) is 0 Å². The third-order valence-corrected chi connectivity index (χ3v) is 3.98. The average Bonchev–Trinajstić information content (AvgIpc) is 2.19. The van der Waals surface area contributed by atoms with Crippen LogP contribution in [0.2, 0.25) is 0 Å². The molecular formula is C13H19BrN2. The number of nitrogens with two attached hydrogens (primary N) is 1. The van der Waals surface area contributed by atoms with E-state index in [-0.39, 0.29) is 0 Å². The Hall–Kier alpha value is -0.700. The normalized spacial score (nSPS) is 17.8. The molecule has 1 aromatic carbocycles. The Morgan fingerprint density at radius 1 is 1.31 bits per heavy atom. The number of aryl methyl sites for hydroxylation is 1. The Balaban J connectivity index is 2.26. The second kappa shape index (κ2) is 4.66. The second-order valence-electron chi connectivity index (χ2n) is 4.84. The van der Waals surface area contributed by atoms with Gasteiger partial charge in [-0.05, 0) is 59.3 Å². The standard InChI is InChI=1S/C13H19BrN2/c1-9-3-5-16(6-4-9)13-10(2)7-11(15)8-12(13)14/h7-9H,3-6,15H2,1-2H3. The Kier molecular flexibility index (Phi) is 3.43. The predicted molar refractivity (Wildman–Crippen MR) is 73.9 cm³/mol. The summed E-state index contributed by atoms with van der Waals surface area (Å²) in [4.78, 5) is 2.47. The third-order valence-electron chi connectivity index (χ3n) is 3.38. The van der Waals surface area contributed by atoms with Gasteiger partial charge >= 0.3 is 0 Å². The number of hydrogen-bond donors (Lipinski definition) is 1. The minimum Gasteiger partial charge on any atom is -0.399 e. The minimum atomic E-state index is 0.832. The minimum absolute atomic E-state index is 0.832. The van der Waals surface area contributed by atoms with E-state index in [0.29, 0.717) is 0 Å². The van der Waals surface area contributed by atoms with Crippen LogP contribution in [0.3, 0.4) is 0 Å². The summed E-state index contributed by atoms with van der Waals surface area (Å²) in [6, 6.07) is 4.05. The smallest absolute Gasteiger partial charge is 0.0541 e. The van der Waals surface area contributed by atoms with Gasteiger partial charge in [0.05, 0.1) is 5.69 Å². The number of nitrogen functional groups attached to an aromatic ring is 1. The van der Waals surface area contributed by atoms with Gasteiger partial charge in [-0.3, -0.25) is 0 Å². The Morgan fingerprint density at radius 2 is 1.94 bits per heavy atom. The molecule has 0 spiro atoms. The van der Waals surface area contributed by atoms with Gasteiger partial charge < -0.3 is 10.6 Å². The van der Waals surface area contributed by atoms with Crippen LogP contribution in [-0.2, 0) is 0 Å². The van der Waals surface area contributed by atoms with Crippen LogP contribution < -0.4 is 10.6 Å². The lowest BCUT2D eigenvalue weighted by Crippen LogP contribution is -2.33. The van der Waals surface area contributed by atoms with Gasteiger partial charge in [0, 0.05) is 23.2 Å². The molecule has 0 aliphatic carbocycles. The zero-order valence-corrected chi connectivity index (χ0v) is 11.5. The number of nitrogens with zero attached hydrogens (tertiary/aromatic N) is 1. The van der Waals surface area contributed by atoms with Crippen molar-refractivity contribution in [3.8, 4) is 0 Å². The molecule has 2 nitrogen and oxygen atoms in total. The first-order valence-electron chi connectivity index (χ1n) is 5.88. The molecule has 1 aliphatic rings. The second-order valence-corrected chi connectivity index (χ2v) is 5.69. The summed E-state index contributed by atoms with van der Waals surface area (Å²) in [6.45, 7) is 6.78.